The maximum atomic E-state index is 11.5. The Morgan fingerprint density at radius 1 is 1.69 bits per heavy atom. The van der Waals surface area contributed by atoms with Crippen LogP contribution in [0.3, 0.4) is 0 Å². The third-order valence-corrected chi connectivity index (χ3v) is 2.20. The summed E-state index contributed by atoms with van der Waals surface area (Å²) < 4.78 is 0. The van der Waals surface area contributed by atoms with Gasteiger partial charge in [0.05, 0.1) is 6.04 Å². The van der Waals surface area contributed by atoms with Crippen molar-refractivity contribution in [2.24, 2.45) is 5.73 Å². The number of carbonyl (C=O) groups is 1. The van der Waals surface area contributed by atoms with Crippen LogP contribution in [0.2, 0.25) is 0 Å². The largest absolute Gasteiger partial charge is 0.351 e. The van der Waals surface area contributed by atoms with Crippen LogP contribution in [0.15, 0.2) is 31.0 Å². The van der Waals surface area contributed by atoms with E-state index in [0.29, 0.717) is 13.0 Å². The van der Waals surface area contributed by atoms with Crippen molar-refractivity contribution in [1.29, 1.82) is 0 Å². The lowest BCUT2D eigenvalue weighted by molar-refractivity contribution is -0.122. The predicted molar refractivity (Wildman–Crippen MR) is 63.6 cm³/mol. The number of aryl methyl sites for hydroxylation is 1. The molecule has 0 fully saturated rings. The predicted octanol–water partition coefficient (Wildman–Crippen LogP) is 0.910. The van der Waals surface area contributed by atoms with Crippen LogP contribution >= 0.6 is 0 Å². The Hall–Kier alpha value is -1.68. The van der Waals surface area contributed by atoms with Crippen molar-refractivity contribution < 1.29 is 4.79 Å². The molecule has 4 heteroatoms. The zero-order valence-corrected chi connectivity index (χ0v) is 9.44. The molecule has 1 unspecified atom stereocenters. The third kappa shape index (κ3) is 3.82. The van der Waals surface area contributed by atoms with E-state index in [-0.39, 0.29) is 5.91 Å². The van der Waals surface area contributed by atoms with E-state index in [1.807, 2.05) is 19.1 Å². The van der Waals surface area contributed by atoms with Crippen LogP contribution in [0.5, 0.6) is 0 Å². The molecule has 4 nitrogen and oxygen atoms in total. The molecular weight excluding hydrogens is 202 g/mol. The van der Waals surface area contributed by atoms with E-state index in [4.69, 9.17) is 5.73 Å². The Morgan fingerprint density at radius 3 is 3.00 bits per heavy atom. The van der Waals surface area contributed by atoms with Gasteiger partial charge in [0.1, 0.15) is 0 Å². The molecule has 1 aromatic heterocycles. The summed E-state index contributed by atoms with van der Waals surface area (Å²) in [4.78, 5) is 15.6. The lowest BCUT2D eigenvalue weighted by Crippen LogP contribution is -2.39. The topological polar surface area (TPSA) is 68.0 Å². The Kier molecular flexibility index (Phi) is 4.66. The Bertz CT molecular complexity index is 359. The van der Waals surface area contributed by atoms with Crippen molar-refractivity contribution >= 4 is 5.91 Å². The minimum atomic E-state index is -0.518. The Balaban J connectivity index is 2.42. The SMILES string of the molecule is C=CCC(N)C(=O)NCc1ccc(C)nc1. The van der Waals surface area contributed by atoms with Gasteiger partial charge in [-0.2, -0.15) is 0 Å². The van der Waals surface area contributed by atoms with E-state index in [0.717, 1.165) is 11.3 Å². The second-order valence-corrected chi connectivity index (χ2v) is 3.66. The molecule has 0 bridgehead atoms. The average Bonchev–Trinajstić information content (AvgIpc) is 2.28. The van der Waals surface area contributed by atoms with Crippen LogP contribution < -0.4 is 11.1 Å². The van der Waals surface area contributed by atoms with Gasteiger partial charge >= 0.3 is 0 Å². The highest BCUT2D eigenvalue weighted by molar-refractivity contribution is 5.81. The number of pyridine rings is 1. The number of amides is 1. The zero-order valence-electron chi connectivity index (χ0n) is 9.44. The van der Waals surface area contributed by atoms with Gasteiger partial charge in [0.25, 0.3) is 0 Å². The van der Waals surface area contributed by atoms with E-state index < -0.39 is 6.04 Å². The van der Waals surface area contributed by atoms with Crippen molar-refractivity contribution in [3.05, 3.63) is 42.2 Å². The number of hydrogen-bond donors (Lipinski definition) is 2. The number of hydrogen-bond acceptors (Lipinski definition) is 3. The summed E-state index contributed by atoms with van der Waals surface area (Å²) in [5.41, 5.74) is 7.54. The normalized spacial score (nSPS) is 11.9. The molecule has 0 saturated heterocycles. The van der Waals surface area contributed by atoms with Gasteiger partial charge in [0, 0.05) is 18.4 Å². The molecule has 86 valence electrons. The standard InChI is InChI=1S/C12H17N3O/c1-3-4-11(13)12(16)15-8-10-6-5-9(2)14-7-10/h3,5-7,11H,1,4,8,13H2,2H3,(H,15,16). The van der Waals surface area contributed by atoms with E-state index >= 15 is 0 Å². The maximum absolute atomic E-state index is 11.5. The molecule has 0 aliphatic carbocycles. The first-order valence-electron chi connectivity index (χ1n) is 5.19. The molecule has 3 N–H and O–H groups in total. The van der Waals surface area contributed by atoms with Gasteiger partial charge in [-0.15, -0.1) is 6.58 Å². The maximum Gasteiger partial charge on any atom is 0.237 e. The molecule has 0 aliphatic heterocycles. The summed E-state index contributed by atoms with van der Waals surface area (Å²) in [5, 5.41) is 2.75. The highest BCUT2D eigenvalue weighted by atomic mass is 16.2. The molecule has 0 spiro atoms. The molecule has 1 heterocycles. The fraction of sp³-hybridized carbons (Fsp3) is 0.333. The lowest BCUT2D eigenvalue weighted by atomic mass is 10.2. The summed E-state index contributed by atoms with van der Waals surface area (Å²) >= 11 is 0. The zero-order chi connectivity index (χ0) is 12.0. The van der Waals surface area contributed by atoms with Crippen LogP contribution in [-0.2, 0) is 11.3 Å². The number of carbonyl (C=O) groups excluding carboxylic acids is 1. The smallest absolute Gasteiger partial charge is 0.237 e. The number of nitrogens with one attached hydrogen (secondary N) is 1. The summed E-state index contributed by atoms with van der Waals surface area (Å²) in [5.74, 6) is -0.166. The molecule has 0 aromatic carbocycles. The first kappa shape index (κ1) is 12.4. The molecule has 0 saturated carbocycles. The van der Waals surface area contributed by atoms with Gasteiger partial charge in [-0.1, -0.05) is 12.1 Å². The molecule has 1 amide bonds. The summed E-state index contributed by atoms with van der Waals surface area (Å²) in [6.07, 6.45) is 3.87. The van der Waals surface area contributed by atoms with Gasteiger partial charge in [0.2, 0.25) is 5.91 Å². The number of rotatable bonds is 5. The summed E-state index contributed by atoms with van der Waals surface area (Å²) in [6, 6.07) is 3.32. The molecule has 16 heavy (non-hydrogen) atoms. The summed E-state index contributed by atoms with van der Waals surface area (Å²) in [7, 11) is 0. The van der Waals surface area contributed by atoms with Crippen LogP contribution in [0.25, 0.3) is 0 Å². The van der Waals surface area contributed by atoms with Crippen molar-refractivity contribution in [3.63, 3.8) is 0 Å². The highest BCUT2D eigenvalue weighted by Gasteiger charge is 2.10. The minimum Gasteiger partial charge on any atom is -0.351 e. The van der Waals surface area contributed by atoms with E-state index in [1.165, 1.54) is 0 Å². The van der Waals surface area contributed by atoms with E-state index in [2.05, 4.69) is 16.9 Å². The average molecular weight is 219 g/mol. The first-order valence-corrected chi connectivity index (χ1v) is 5.19. The molecule has 0 aliphatic rings. The molecule has 1 atom stereocenters. The fourth-order valence-electron chi connectivity index (χ4n) is 1.21. The molecule has 0 radical (unpaired) electrons. The van der Waals surface area contributed by atoms with Crippen LogP contribution in [0.1, 0.15) is 17.7 Å². The van der Waals surface area contributed by atoms with Crippen molar-refractivity contribution in [3.8, 4) is 0 Å². The van der Waals surface area contributed by atoms with E-state index in [1.54, 1.807) is 12.3 Å². The molecule has 1 rings (SSSR count). The second-order valence-electron chi connectivity index (χ2n) is 3.66. The van der Waals surface area contributed by atoms with Crippen molar-refractivity contribution in [2.45, 2.75) is 25.9 Å². The number of aromatic nitrogens is 1. The molecular formula is C12H17N3O. The fourth-order valence-corrected chi connectivity index (χ4v) is 1.21. The Labute approximate surface area is 95.6 Å². The third-order valence-electron chi connectivity index (χ3n) is 2.20. The van der Waals surface area contributed by atoms with Crippen molar-refractivity contribution in [2.75, 3.05) is 0 Å². The quantitative estimate of drug-likeness (QED) is 0.723. The monoisotopic (exact) mass is 219 g/mol. The molecule has 1 aromatic rings. The highest BCUT2D eigenvalue weighted by Crippen LogP contribution is 1.99. The van der Waals surface area contributed by atoms with Gasteiger partial charge in [0.15, 0.2) is 0 Å². The Morgan fingerprint density at radius 2 is 2.44 bits per heavy atom. The number of nitrogens with two attached hydrogens (primary N) is 1. The van der Waals surface area contributed by atoms with Gasteiger partial charge in [-0.3, -0.25) is 9.78 Å². The summed E-state index contributed by atoms with van der Waals surface area (Å²) in [6.45, 7) is 5.92. The van der Waals surface area contributed by atoms with E-state index in [9.17, 15) is 4.79 Å². The lowest BCUT2D eigenvalue weighted by Gasteiger charge is -2.10. The van der Waals surface area contributed by atoms with Crippen LogP contribution in [-0.4, -0.2) is 16.9 Å². The second kappa shape index (κ2) is 6.02. The van der Waals surface area contributed by atoms with Crippen LogP contribution in [0, 0.1) is 6.92 Å². The number of nitrogens with zero attached hydrogens (tertiary/aromatic N) is 1. The van der Waals surface area contributed by atoms with Gasteiger partial charge in [-0.25, -0.2) is 0 Å². The van der Waals surface area contributed by atoms with Crippen LogP contribution in [0.4, 0.5) is 0 Å². The van der Waals surface area contributed by atoms with Crippen molar-refractivity contribution in [1.82, 2.24) is 10.3 Å². The first-order chi connectivity index (χ1) is 7.63. The minimum absolute atomic E-state index is 0.166. The van der Waals surface area contributed by atoms with Gasteiger partial charge in [-0.05, 0) is 25.0 Å². The van der Waals surface area contributed by atoms with Gasteiger partial charge < -0.3 is 11.1 Å².